The summed E-state index contributed by atoms with van der Waals surface area (Å²) in [5.74, 6) is 0.446. The molecule has 5 heteroatoms. The van der Waals surface area contributed by atoms with Crippen molar-refractivity contribution in [2.24, 2.45) is 5.92 Å². The maximum Gasteiger partial charge on any atom is 0.319 e. The third-order valence-electron chi connectivity index (χ3n) is 5.10. The molecule has 2 aromatic carbocycles. The number of carbonyl (C=O) groups excluding carboxylic acids is 2. The van der Waals surface area contributed by atoms with Crippen molar-refractivity contribution in [3.63, 3.8) is 0 Å². The average molecular weight is 365 g/mol. The standard InChI is InChI=1S/C22H27N3O2/c1-16-6-3-4-7-20(16)15-25-11-10-18(14-25)13-23-22(27)24-21-9-5-8-19(12-21)17(2)26/h3-9,12,18H,10-11,13-15H2,1-2H3,(H2,23,24,27)/t18-/m0/s1. The highest BCUT2D eigenvalue weighted by Crippen LogP contribution is 2.19. The van der Waals surface area contributed by atoms with Gasteiger partial charge in [-0.2, -0.15) is 0 Å². The van der Waals surface area contributed by atoms with E-state index in [1.54, 1.807) is 24.3 Å². The van der Waals surface area contributed by atoms with E-state index in [-0.39, 0.29) is 11.8 Å². The molecule has 0 saturated carbocycles. The number of anilines is 1. The van der Waals surface area contributed by atoms with Crippen LogP contribution in [0.2, 0.25) is 0 Å². The van der Waals surface area contributed by atoms with Crippen molar-refractivity contribution in [1.29, 1.82) is 0 Å². The minimum atomic E-state index is -0.229. The molecule has 0 spiro atoms. The number of aryl methyl sites for hydroxylation is 1. The molecule has 0 radical (unpaired) electrons. The summed E-state index contributed by atoms with van der Waals surface area (Å²) in [5, 5.41) is 5.76. The predicted octanol–water partition coefficient (Wildman–Crippen LogP) is 3.84. The summed E-state index contributed by atoms with van der Waals surface area (Å²) in [6, 6.07) is 15.3. The van der Waals surface area contributed by atoms with Crippen LogP contribution in [0.4, 0.5) is 10.5 Å². The van der Waals surface area contributed by atoms with Crippen molar-refractivity contribution < 1.29 is 9.59 Å². The minimum absolute atomic E-state index is 0.0150. The number of amides is 2. The molecule has 0 aliphatic carbocycles. The van der Waals surface area contributed by atoms with Crippen molar-refractivity contribution in [2.75, 3.05) is 25.0 Å². The number of benzene rings is 2. The zero-order valence-corrected chi connectivity index (χ0v) is 16.0. The quantitative estimate of drug-likeness (QED) is 0.765. The number of nitrogens with zero attached hydrogens (tertiary/aromatic N) is 1. The summed E-state index contributed by atoms with van der Waals surface area (Å²) in [7, 11) is 0. The minimum Gasteiger partial charge on any atom is -0.338 e. The lowest BCUT2D eigenvalue weighted by Gasteiger charge is -2.18. The number of rotatable bonds is 6. The molecule has 1 aliphatic heterocycles. The number of hydrogen-bond acceptors (Lipinski definition) is 3. The van der Waals surface area contributed by atoms with E-state index in [4.69, 9.17) is 0 Å². The summed E-state index contributed by atoms with van der Waals surface area (Å²) in [5.41, 5.74) is 3.92. The Morgan fingerprint density at radius 3 is 2.74 bits per heavy atom. The van der Waals surface area contributed by atoms with Crippen molar-refractivity contribution in [1.82, 2.24) is 10.2 Å². The number of hydrogen-bond donors (Lipinski definition) is 2. The predicted molar refractivity (Wildman–Crippen MR) is 108 cm³/mol. The highest BCUT2D eigenvalue weighted by Gasteiger charge is 2.23. The fraction of sp³-hybridized carbons (Fsp3) is 0.364. The first-order valence-corrected chi connectivity index (χ1v) is 9.44. The molecule has 0 unspecified atom stereocenters. The maximum atomic E-state index is 12.1. The van der Waals surface area contributed by atoms with E-state index in [0.717, 1.165) is 26.1 Å². The lowest BCUT2D eigenvalue weighted by Crippen LogP contribution is -2.34. The van der Waals surface area contributed by atoms with Gasteiger partial charge in [-0.15, -0.1) is 0 Å². The van der Waals surface area contributed by atoms with Gasteiger partial charge in [-0.05, 0) is 56.0 Å². The van der Waals surface area contributed by atoms with Crippen LogP contribution in [0, 0.1) is 12.8 Å². The van der Waals surface area contributed by atoms with Crippen LogP contribution in [-0.4, -0.2) is 36.3 Å². The molecule has 1 atom stereocenters. The van der Waals surface area contributed by atoms with Crippen molar-refractivity contribution in [2.45, 2.75) is 26.8 Å². The van der Waals surface area contributed by atoms with E-state index < -0.39 is 0 Å². The molecule has 2 aromatic rings. The second-order valence-electron chi connectivity index (χ2n) is 7.29. The Kier molecular flexibility index (Phi) is 6.24. The van der Waals surface area contributed by atoms with E-state index >= 15 is 0 Å². The van der Waals surface area contributed by atoms with Gasteiger partial charge in [0.05, 0.1) is 0 Å². The van der Waals surface area contributed by atoms with E-state index in [0.29, 0.717) is 23.7 Å². The monoisotopic (exact) mass is 365 g/mol. The molecule has 2 N–H and O–H groups in total. The Balaban J connectivity index is 1.44. The molecular weight excluding hydrogens is 338 g/mol. The first kappa shape index (κ1) is 19.1. The van der Waals surface area contributed by atoms with Gasteiger partial charge in [-0.3, -0.25) is 9.69 Å². The lowest BCUT2D eigenvalue weighted by molar-refractivity contribution is 0.101. The highest BCUT2D eigenvalue weighted by molar-refractivity contribution is 5.96. The van der Waals surface area contributed by atoms with Gasteiger partial charge in [-0.1, -0.05) is 36.4 Å². The molecule has 5 nitrogen and oxygen atoms in total. The van der Waals surface area contributed by atoms with Crippen LogP contribution in [-0.2, 0) is 6.54 Å². The summed E-state index contributed by atoms with van der Waals surface area (Å²) >= 11 is 0. The molecular formula is C22H27N3O2. The SMILES string of the molecule is CC(=O)c1cccc(NC(=O)NC[C@@H]2CCN(Cc3ccccc3C)C2)c1. The second kappa shape index (κ2) is 8.82. The maximum absolute atomic E-state index is 12.1. The summed E-state index contributed by atoms with van der Waals surface area (Å²) in [4.78, 5) is 26.0. The fourth-order valence-electron chi connectivity index (χ4n) is 3.48. The van der Waals surface area contributed by atoms with Crippen LogP contribution in [0.5, 0.6) is 0 Å². The molecule has 0 aromatic heterocycles. The van der Waals surface area contributed by atoms with Crippen LogP contribution in [0.25, 0.3) is 0 Å². The largest absolute Gasteiger partial charge is 0.338 e. The van der Waals surface area contributed by atoms with Crippen molar-refractivity contribution in [3.8, 4) is 0 Å². The molecule has 27 heavy (non-hydrogen) atoms. The zero-order valence-electron chi connectivity index (χ0n) is 16.0. The van der Waals surface area contributed by atoms with Gasteiger partial charge < -0.3 is 10.6 Å². The van der Waals surface area contributed by atoms with Gasteiger partial charge in [0, 0.05) is 30.9 Å². The van der Waals surface area contributed by atoms with Crippen LogP contribution < -0.4 is 10.6 Å². The van der Waals surface area contributed by atoms with E-state index in [9.17, 15) is 9.59 Å². The molecule has 2 amide bonds. The van der Waals surface area contributed by atoms with Crippen molar-refractivity contribution >= 4 is 17.5 Å². The zero-order chi connectivity index (χ0) is 19.2. The number of nitrogens with one attached hydrogen (secondary N) is 2. The van der Waals surface area contributed by atoms with Gasteiger partial charge >= 0.3 is 6.03 Å². The number of urea groups is 1. The highest BCUT2D eigenvalue weighted by atomic mass is 16.2. The van der Waals surface area contributed by atoms with Crippen molar-refractivity contribution in [3.05, 3.63) is 65.2 Å². The molecule has 1 fully saturated rings. The summed E-state index contributed by atoms with van der Waals surface area (Å²) in [6.45, 7) is 7.34. The Morgan fingerprint density at radius 1 is 1.15 bits per heavy atom. The van der Waals surface area contributed by atoms with Crippen LogP contribution >= 0.6 is 0 Å². The number of Topliss-reactive ketones (excluding diaryl/α,β-unsaturated/α-hetero) is 1. The molecule has 1 heterocycles. The molecule has 0 bridgehead atoms. The topological polar surface area (TPSA) is 61.4 Å². The van der Waals surface area contributed by atoms with E-state index in [1.807, 2.05) is 0 Å². The Bertz CT molecular complexity index is 819. The summed E-state index contributed by atoms with van der Waals surface area (Å²) in [6.07, 6.45) is 1.09. The average Bonchev–Trinajstić information content (AvgIpc) is 3.10. The Morgan fingerprint density at radius 2 is 1.96 bits per heavy atom. The van der Waals surface area contributed by atoms with E-state index in [1.165, 1.54) is 18.1 Å². The third-order valence-corrected chi connectivity index (χ3v) is 5.10. The van der Waals surface area contributed by atoms with Crippen LogP contribution in [0.1, 0.15) is 34.8 Å². The molecule has 142 valence electrons. The number of carbonyl (C=O) groups is 2. The van der Waals surface area contributed by atoms with Crippen LogP contribution in [0.3, 0.4) is 0 Å². The molecule has 3 rings (SSSR count). The Hall–Kier alpha value is -2.66. The second-order valence-corrected chi connectivity index (χ2v) is 7.29. The molecule has 1 aliphatic rings. The number of ketones is 1. The first-order valence-electron chi connectivity index (χ1n) is 9.44. The van der Waals surface area contributed by atoms with Gasteiger partial charge in [-0.25, -0.2) is 4.79 Å². The molecule has 1 saturated heterocycles. The van der Waals surface area contributed by atoms with Gasteiger partial charge in [0.1, 0.15) is 0 Å². The third kappa shape index (κ3) is 5.41. The summed E-state index contributed by atoms with van der Waals surface area (Å²) < 4.78 is 0. The van der Waals surface area contributed by atoms with Gasteiger partial charge in [0.15, 0.2) is 5.78 Å². The fourth-order valence-corrected chi connectivity index (χ4v) is 3.48. The smallest absolute Gasteiger partial charge is 0.319 e. The Labute approximate surface area is 160 Å². The van der Waals surface area contributed by atoms with Gasteiger partial charge in [0.25, 0.3) is 0 Å². The van der Waals surface area contributed by atoms with E-state index in [2.05, 4.69) is 46.7 Å². The lowest BCUT2D eigenvalue weighted by atomic mass is 10.1. The normalized spacial score (nSPS) is 16.9. The van der Waals surface area contributed by atoms with Gasteiger partial charge in [0.2, 0.25) is 0 Å². The number of likely N-dealkylation sites (tertiary alicyclic amines) is 1. The first-order chi connectivity index (χ1) is 13.0. The van der Waals surface area contributed by atoms with Crippen LogP contribution in [0.15, 0.2) is 48.5 Å².